The number of nitrogens with one attached hydrogen (secondary N) is 1. The van der Waals surface area contributed by atoms with E-state index in [-0.39, 0.29) is 5.84 Å². The Balaban J connectivity index is 2.23. The van der Waals surface area contributed by atoms with Crippen LogP contribution in [0.3, 0.4) is 0 Å². The van der Waals surface area contributed by atoms with Crippen molar-refractivity contribution in [1.29, 1.82) is 0 Å². The van der Waals surface area contributed by atoms with E-state index in [0.717, 1.165) is 11.1 Å². The highest BCUT2D eigenvalue weighted by atomic mass is 35.5. The van der Waals surface area contributed by atoms with Crippen molar-refractivity contribution in [3.63, 3.8) is 0 Å². The van der Waals surface area contributed by atoms with E-state index < -0.39 is 0 Å². The minimum atomic E-state index is 0.271. The van der Waals surface area contributed by atoms with E-state index in [1.807, 2.05) is 30.6 Å². The zero-order chi connectivity index (χ0) is 13.7. The molecule has 0 aliphatic carbocycles. The van der Waals surface area contributed by atoms with Gasteiger partial charge in [-0.1, -0.05) is 17.7 Å². The lowest BCUT2D eigenvalue weighted by atomic mass is 10.1. The molecule has 2 aromatic rings. The summed E-state index contributed by atoms with van der Waals surface area (Å²) in [7, 11) is 0. The Morgan fingerprint density at radius 1 is 1.42 bits per heavy atom. The maximum atomic E-state index is 9.11. The Bertz CT molecular complexity index is 586. The third-order valence-electron chi connectivity index (χ3n) is 2.64. The SMILES string of the molecule is Cc1ccc(Cl)cc1CN=C(NO)c1cccnn1. The first kappa shape index (κ1) is 13.5. The fourth-order valence-electron chi connectivity index (χ4n) is 1.58. The molecule has 0 fully saturated rings. The maximum Gasteiger partial charge on any atom is 0.173 e. The van der Waals surface area contributed by atoms with Crippen LogP contribution in [-0.4, -0.2) is 21.2 Å². The lowest BCUT2D eigenvalue weighted by molar-refractivity contribution is 0.234. The van der Waals surface area contributed by atoms with E-state index >= 15 is 0 Å². The standard InChI is InChI=1S/C13H13ClN4O/c1-9-4-5-11(14)7-10(9)8-15-13(18-19)12-3-2-6-16-17-12/h2-7,19H,8H2,1H3,(H,15,18). The van der Waals surface area contributed by atoms with Crippen molar-refractivity contribution in [3.05, 3.63) is 58.4 Å². The molecule has 0 saturated carbocycles. The minimum absolute atomic E-state index is 0.271. The van der Waals surface area contributed by atoms with E-state index in [1.54, 1.807) is 18.3 Å². The third-order valence-corrected chi connectivity index (χ3v) is 2.87. The van der Waals surface area contributed by atoms with Gasteiger partial charge in [-0.15, -0.1) is 5.10 Å². The number of benzene rings is 1. The Morgan fingerprint density at radius 3 is 2.95 bits per heavy atom. The lowest BCUT2D eigenvalue weighted by Crippen LogP contribution is -2.22. The van der Waals surface area contributed by atoms with Crippen LogP contribution in [0.25, 0.3) is 0 Å². The van der Waals surface area contributed by atoms with Crippen LogP contribution in [0.5, 0.6) is 0 Å². The topological polar surface area (TPSA) is 70.4 Å². The second-order valence-corrected chi connectivity index (χ2v) is 4.39. The van der Waals surface area contributed by atoms with Crippen molar-refractivity contribution in [2.75, 3.05) is 0 Å². The van der Waals surface area contributed by atoms with Crippen molar-refractivity contribution < 1.29 is 5.21 Å². The molecule has 0 aliphatic heterocycles. The summed E-state index contributed by atoms with van der Waals surface area (Å²) in [6.07, 6.45) is 1.56. The van der Waals surface area contributed by atoms with Gasteiger partial charge in [0.05, 0.1) is 6.54 Å². The van der Waals surface area contributed by atoms with Gasteiger partial charge in [-0.3, -0.25) is 15.7 Å². The zero-order valence-corrected chi connectivity index (χ0v) is 11.1. The van der Waals surface area contributed by atoms with Gasteiger partial charge in [0.15, 0.2) is 5.84 Å². The number of aromatic nitrogens is 2. The monoisotopic (exact) mass is 276 g/mol. The highest BCUT2D eigenvalue weighted by Crippen LogP contribution is 2.16. The average Bonchev–Trinajstić information content (AvgIpc) is 2.44. The third kappa shape index (κ3) is 3.49. The number of nitrogens with zero attached hydrogens (tertiary/aromatic N) is 3. The molecule has 1 heterocycles. The first-order valence-corrected chi connectivity index (χ1v) is 6.06. The van der Waals surface area contributed by atoms with E-state index in [1.165, 1.54) is 0 Å². The molecule has 2 rings (SSSR count). The molecule has 0 spiro atoms. The summed E-state index contributed by atoms with van der Waals surface area (Å²) < 4.78 is 0. The summed E-state index contributed by atoms with van der Waals surface area (Å²) in [5.74, 6) is 0.271. The van der Waals surface area contributed by atoms with E-state index in [4.69, 9.17) is 16.8 Å². The number of halogens is 1. The molecule has 19 heavy (non-hydrogen) atoms. The molecular formula is C13H13ClN4O. The normalized spacial score (nSPS) is 11.4. The van der Waals surface area contributed by atoms with E-state index in [9.17, 15) is 0 Å². The number of rotatable bonds is 3. The predicted octanol–water partition coefficient (Wildman–Crippen LogP) is 2.36. The van der Waals surface area contributed by atoms with Gasteiger partial charge in [-0.25, -0.2) is 0 Å². The van der Waals surface area contributed by atoms with Crippen LogP contribution in [0.15, 0.2) is 41.5 Å². The van der Waals surface area contributed by atoms with Gasteiger partial charge in [-0.05, 0) is 42.3 Å². The maximum absolute atomic E-state index is 9.11. The molecule has 0 amide bonds. The fourth-order valence-corrected chi connectivity index (χ4v) is 1.77. The molecule has 1 aromatic carbocycles. The van der Waals surface area contributed by atoms with Crippen molar-refractivity contribution >= 4 is 17.4 Å². The largest absolute Gasteiger partial charge is 0.290 e. The van der Waals surface area contributed by atoms with Crippen LogP contribution in [0.4, 0.5) is 0 Å². The minimum Gasteiger partial charge on any atom is -0.290 e. The number of amidine groups is 1. The van der Waals surface area contributed by atoms with Gasteiger partial charge in [0.2, 0.25) is 0 Å². The number of hydroxylamine groups is 1. The lowest BCUT2D eigenvalue weighted by Gasteiger charge is -2.06. The van der Waals surface area contributed by atoms with Crippen LogP contribution in [0, 0.1) is 6.92 Å². The first-order valence-electron chi connectivity index (χ1n) is 5.68. The average molecular weight is 277 g/mol. The predicted molar refractivity (Wildman–Crippen MR) is 73.4 cm³/mol. The van der Waals surface area contributed by atoms with Gasteiger partial charge in [0, 0.05) is 11.2 Å². The van der Waals surface area contributed by atoms with Crippen LogP contribution in [0.1, 0.15) is 16.8 Å². The molecule has 0 unspecified atom stereocenters. The van der Waals surface area contributed by atoms with Crippen LogP contribution >= 0.6 is 11.6 Å². The molecule has 0 radical (unpaired) electrons. The summed E-state index contributed by atoms with van der Waals surface area (Å²) in [6.45, 7) is 2.38. The Morgan fingerprint density at radius 2 is 2.26 bits per heavy atom. The van der Waals surface area contributed by atoms with Gasteiger partial charge < -0.3 is 0 Å². The molecule has 1 aromatic heterocycles. The molecule has 6 heteroatoms. The Hall–Kier alpha value is -1.98. The zero-order valence-electron chi connectivity index (χ0n) is 10.3. The van der Waals surface area contributed by atoms with Crippen molar-refractivity contribution in [2.45, 2.75) is 13.5 Å². The molecular weight excluding hydrogens is 264 g/mol. The van der Waals surface area contributed by atoms with Crippen LogP contribution in [0.2, 0.25) is 5.02 Å². The Kier molecular flexibility index (Phi) is 4.43. The number of hydrogen-bond donors (Lipinski definition) is 2. The summed E-state index contributed by atoms with van der Waals surface area (Å²) in [5, 5.41) is 17.4. The number of hydrogen-bond acceptors (Lipinski definition) is 4. The van der Waals surface area contributed by atoms with Crippen molar-refractivity contribution in [3.8, 4) is 0 Å². The molecule has 5 nitrogen and oxygen atoms in total. The van der Waals surface area contributed by atoms with Gasteiger partial charge in [0.1, 0.15) is 5.69 Å². The molecule has 0 bridgehead atoms. The molecule has 0 saturated heterocycles. The van der Waals surface area contributed by atoms with Gasteiger partial charge in [0.25, 0.3) is 0 Å². The summed E-state index contributed by atoms with van der Waals surface area (Å²) in [6, 6.07) is 9.05. The Labute approximate surface area is 115 Å². The molecule has 98 valence electrons. The fraction of sp³-hybridized carbons (Fsp3) is 0.154. The van der Waals surface area contributed by atoms with Crippen molar-refractivity contribution in [2.24, 2.45) is 4.99 Å². The highest BCUT2D eigenvalue weighted by molar-refractivity contribution is 6.30. The smallest absolute Gasteiger partial charge is 0.173 e. The summed E-state index contributed by atoms with van der Waals surface area (Å²) in [5.41, 5.74) is 4.59. The first-order chi connectivity index (χ1) is 9.20. The molecule has 0 atom stereocenters. The summed E-state index contributed by atoms with van der Waals surface area (Å²) in [4.78, 5) is 4.28. The second kappa shape index (κ2) is 6.26. The second-order valence-electron chi connectivity index (χ2n) is 3.96. The van der Waals surface area contributed by atoms with Crippen LogP contribution in [-0.2, 0) is 6.54 Å². The molecule has 2 N–H and O–H groups in total. The van der Waals surface area contributed by atoms with Gasteiger partial charge >= 0.3 is 0 Å². The highest BCUT2D eigenvalue weighted by Gasteiger charge is 2.04. The molecule has 0 aliphatic rings. The number of aryl methyl sites for hydroxylation is 1. The number of aliphatic imine (C=N–C) groups is 1. The van der Waals surface area contributed by atoms with E-state index in [0.29, 0.717) is 17.3 Å². The van der Waals surface area contributed by atoms with Crippen LogP contribution < -0.4 is 5.48 Å². The quantitative estimate of drug-likeness (QED) is 0.513. The van der Waals surface area contributed by atoms with Gasteiger partial charge in [-0.2, -0.15) is 5.10 Å². The van der Waals surface area contributed by atoms with E-state index in [2.05, 4.69) is 15.2 Å². The van der Waals surface area contributed by atoms with Crippen molar-refractivity contribution in [1.82, 2.24) is 15.7 Å². The summed E-state index contributed by atoms with van der Waals surface area (Å²) >= 11 is 5.95.